The first-order chi connectivity index (χ1) is 18.3. The summed E-state index contributed by atoms with van der Waals surface area (Å²) in [4.78, 5) is 37.1. The van der Waals surface area contributed by atoms with E-state index in [0.29, 0.717) is 12.1 Å². The number of hydrogen-bond donors (Lipinski definition) is 2. The van der Waals surface area contributed by atoms with Crippen LogP contribution in [-0.2, 0) is 37.2 Å². The molecule has 216 valence electrons. The Morgan fingerprint density at radius 1 is 1.38 bits per heavy atom. The van der Waals surface area contributed by atoms with Gasteiger partial charge in [-0.2, -0.15) is 9.97 Å². The zero-order chi connectivity index (χ0) is 28.6. The van der Waals surface area contributed by atoms with Crippen molar-refractivity contribution in [2.24, 2.45) is 5.41 Å². The van der Waals surface area contributed by atoms with Crippen molar-refractivity contribution in [1.29, 1.82) is 0 Å². The van der Waals surface area contributed by atoms with Gasteiger partial charge < -0.3 is 25.1 Å². The average molecular weight is 590 g/mol. The summed E-state index contributed by atoms with van der Waals surface area (Å²) >= 11 is 0.935. The molecule has 3 N–H and O–H groups in total. The summed E-state index contributed by atoms with van der Waals surface area (Å²) in [6.07, 6.45) is -1.47. The molecule has 0 spiro atoms. The van der Waals surface area contributed by atoms with E-state index in [0.717, 1.165) is 11.8 Å². The lowest BCUT2D eigenvalue weighted by atomic mass is 9.96. The van der Waals surface area contributed by atoms with Crippen molar-refractivity contribution in [1.82, 2.24) is 19.5 Å². The van der Waals surface area contributed by atoms with E-state index < -0.39 is 43.2 Å². The summed E-state index contributed by atoms with van der Waals surface area (Å²) in [6.45, 7) is 7.52. The van der Waals surface area contributed by atoms with Gasteiger partial charge in [-0.25, -0.2) is 9.55 Å². The molecular weight excluding hydrogens is 557 g/mol. The lowest BCUT2D eigenvalue weighted by Crippen LogP contribution is -2.50. The minimum Gasteiger partial charge on any atom is -0.476 e. The fourth-order valence-corrected chi connectivity index (χ4v) is 6.60. The number of nitrogen functional groups attached to an aromatic ring is 1. The van der Waals surface area contributed by atoms with Crippen molar-refractivity contribution >= 4 is 47.8 Å². The number of aliphatic hydroxyl groups is 1. The second kappa shape index (κ2) is 11.3. The number of imidazole rings is 1. The zero-order valence-corrected chi connectivity index (χ0v) is 23.9. The Balaban J connectivity index is 1.56. The van der Waals surface area contributed by atoms with Crippen LogP contribution >= 0.6 is 19.6 Å². The van der Waals surface area contributed by atoms with Crippen LogP contribution in [0.25, 0.3) is 11.2 Å². The van der Waals surface area contributed by atoms with Crippen molar-refractivity contribution in [2.45, 2.75) is 58.7 Å². The number of aliphatic hydroxyl groups excluding tert-OH is 1. The summed E-state index contributed by atoms with van der Waals surface area (Å²) in [6, 6.07) is 0. The minimum absolute atomic E-state index is 0.0616. The highest BCUT2D eigenvalue weighted by atomic mass is 32.2. The van der Waals surface area contributed by atoms with E-state index in [2.05, 4.69) is 15.0 Å². The van der Waals surface area contributed by atoms with Crippen LogP contribution in [0.3, 0.4) is 0 Å². The van der Waals surface area contributed by atoms with Crippen molar-refractivity contribution in [3.8, 4) is 5.88 Å². The molecule has 4 heterocycles. The minimum atomic E-state index is -4.13. The van der Waals surface area contributed by atoms with Gasteiger partial charge in [-0.1, -0.05) is 11.8 Å². The number of nitrogens with zero attached hydrogens (tertiary/aromatic N) is 4. The molecule has 2 fully saturated rings. The first-order valence-corrected chi connectivity index (χ1v) is 14.6. The normalized spacial score (nSPS) is 28.8. The van der Waals surface area contributed by atoms with Crippen molar-refractivity contribution in [3.05, 3.63) is 6.33 Å². The topological polar surface area (TPSA) is 196 Å². The fraction of sp³-hybridized carbons (Fsp3) is 0.682. The van der Waals surface area contributed by atoms with Gasteiger partial charge in [0, 0.05) is 12.7 Å². The molecule has 0 aliphatic carbocycles. The van der Waals surface area contributed by atoms with Gasteiger partial charge in [0.1, 0.15) is 12.2 Å². The van der Waals surface area contributed by atoms with E-state index in [1.807, 2.05) is 0 Å². The number of thioether (sulfide) groups is 1. The number of carbonyl (C=O) groups is 2. The standard InChI is InChI=1S/C22H32N5O10PS/c1-6-32-17-14-16(25-20(23)26-17)27(11-24-14)18-22(5,36-12(2)29)15-13(35-18)9-34-38(31,37-15)33-7-8-39-19(30)21(3,4)10-28/h11,13,15,18,28H,6-10H2,1-5H3,(H2,23,25,26)/t13-,15-,18-,22-,38?/m1/s1. The number of esters is 1. The fourth-order valence-electron chi connectivity index (χ4n) is 4.20. The number of nitrogens with two attached hydrogens (primary N) is 1. The monoisotopic (exact) mass is 589 g/mol. The third-order valence-electron chi connectivity index (χ3n) is 6.15. The zero-order valence-electron chi connectivity index (χ0n) is 22.2. The Hall–Kier alpha value is -2.33. The first-order valence-electron chi connectivity index (χ1n) is 12.2. The van der Waals surface area contributed by atoms with Crippen LogP contribution in [0.1, 0.15) is 40.8 Å². The number of ether oxygens (including phenoxy) is 3. The quantitative estimate of drug-likeness (QED) is 0.231. The summed E-state index contributed by atoms with van der Waals surface area (Å²) in [5.74, 6) is -0.363. The number of phosphoric acid groups is 1. The summed E-state index contributed by atoms with van der Waals surface area (Å²) < 4.78 is 48.9. The number of rotatable bonds is 10. The molecule has 2 aliphatic rings. The highest BCUT2D eigenvalue weighted by Gasteiger charge is 2.63. The van der Waals surface area contributed by atoms with E-state index >= 15 is 0 Å². The van der Waals surface area contributed by atoms with E-state index in [1.54, 1.807) is 27.7 Å². The van der Waals surface area contributed by atoms with Gasteiger partial charge in [-0.15, -0.1) is 0 Å². The smallest absolute Gasteiger partial charge is 0.475 e. The number of anilines is 1. The predicted octanol–water partition coefficient (Wildman–Crippen LogP) is 1.84. The third-order valence-corrected chi connectivity index (χ3v) is 8.79. The van der Waals surface area contributed by atoms with Crippen LogP contribution < -0.4 is 10.5 Å². The lowest BCUT2D eigenvalue weighted by Gasteiger charge is -2.37. The van der Waals surface area contributed by atoms with Gasteiger partial charge in [0.15, 0.2) is 28.1 Å². The maximum Gasteiger partial charge on any atom is 0.475 e. The second-order valence-corrected chi connectivity index (χ2v) is 12.4. The molecule has 4 rings (SSSR count). The van der Waals surface area contributed by atoms with Gasteiger partial charge in [0.25, 0.3) is 0 Å². The van der Waals surface area contributed by atoms with Crippen molar-refractivity contribution in [3.63, 3.8) is 0 Å². The molecule has 0 radical (unpaired) electrons. The molecule has 15 nitrogen and oxygen atoms in total. The van der Waals surface area contributed by atoms with Gasteiger partial charge in [-0.3, -0.25) is 27.7 Å². The van der Waals surface area contributed by atoms with Crippen molar-refractivity contribution in [2.75, 3.05) is 37.9 Å². The van der Waals surface area contributed by atoms with Gasteiger partial charge in [-0.05, 0) is 27.7 Å². The van der Waals surface area contributed by atoms with Crippen LogP contribution in [0.4, 0.5) is 5.95 Å². The Morgan fingerprint density at radius 3 is 2.79 bits per heavy atom. The summed E-state index contributed by atoms with van der Waals surface area (Å²) in [5, 5.41) is 9.10. The van der Waals surface area contributed by atoms with Crippen LogP contribution in [-0.4, -0.2) is 85.7 Å². The molecule has 1 unspecified atom stereocenters. The van der Waals surface area contributed by atoms with Gasteiger partial charge in [0.2, 0.25) is 11.8 Å². The molecule has 17 heteroatoms. The molecule has 2 aromatic heterocycles. The third kappa shape index (κ3) is 5.92. The first kappa shape index (κ1) is 29.6. The van der Waals surface area contributed by atoms with E-state index in [9.17, 15) is 19.3 Å². The lowest BCUT2D eigenvalue weighted by molar-refractivity contribution is -0.175. The van der Waals surface area contributed by atoms with Gasteiger partial charge in [0.05, 0.1) is 38.2 Å². The molecule has 2 saturated heterocycles. The predicted molar refractivity (Wildman–Crippen MR) is 138 cm³/mol. The molecule has 39 heavy (non-hydrogen) atoms. The molecule has 5 atom stereocenters. The van der Waals surface area contributed by atoms with E-state index in [-0.39, 0.29) is 48.2 Å². The average Bonchev–Trinajstić information content (AvgIpc) is 3.39. The largest absolute Gasteiger partial charge is 0.476 e. The Bertz CT molecular complexity index is 1290. The van der Waals surface area contributed by atoms with Crippen LogP contribution in [0.15, 0.2) is 6.33 Å². The number of hydrogen-bond acceptors (Lipinski definition) is 15. The summed E-state index contributed by atoms with van der Waals surface area (Å²) in [5.41, 5.74) is 4.03. The maximum atomic E-state index is 13.3. The van der Waals surface area contributed by atoms with E-state index in [1.165, 1.54) is 17.8 Å². The number of fused-ring (bicyclic) bond motifs is 2. The van der Waals surface area contributed by atoms with E-state index in [4.69, 9.17) is 33.5 Å². The molecule has 2 aliphatic heterocycles. The van der Waals surface area contributed by atoms with Crippen molar-refractivity contribution < 1.29 is 47.0 Å². The maximum absolute atomic E-state index is 13.3. The molecule has 0 saturated carbocycles. The number of carbonyl (C=O) groups excluding carboxylic acids is 2. The summed E-state index contributed by atoms with van der Waals surface area (Å²) in [7, 11) is -4.13. The highest BCUT2D eigenvalue weighted by Crippen LogP contribution is 2.59. The number of phosphoric ester groups is 1. The number of aromatic nitrogens is 4. The Morgan fingerprint density at radius 2 is 2.13 bits per heavy atom. The van der Waals surface area contributed by atoms with Crippen LogP contribution in [0.5, 0.6) is 5.88 Å². The Labute approximate surface area is 228 Å². The molecular formula is C22H32N5O10PS. The van der Waals surface area contributed by atoms with Gasteiger partial charge >= 0.3 is 13.8 Å². The SMILES string of the molecule is CCOc1nc(N)nc2c1ncn2[C@@H]1O[C@@H]2COP(=O)(OCCSC(=O)C(C)(C)CO)O[C@H]2[C@@]1(C)OC(C)=O. The molecule has 0 bridgehead atoms. The molecule has 2 aromatic rings. The molecule has 0 amide bonds. The second-order valence-electron chi connectivity index (χ2n) is 9.73. The Kier molecular flexibility index (Phi) is 8.57. The van der Waals surface area contributed by atoms with Crippen LogP contribution in [0.2, 0.25) is 0 Å². The highest BCUT2D eigenvalue weighted by molar-refractivity contribution is 8.13. The molecule has 0 aromatic carbocycles. The van der Waals surface area contributed by atoms with Crippen LogP contribution in [0, 0.1) is 5.41 Å².